The number of hydrogen-bond donors (Lipinski definition) is 1. The average molecular weight is 183 g/mol. The van der Waals surface area contributed by atoms with Gasteiger partial charge in [0.1, 0.15) is 0 Å². The lowest BCUT2D eigenvalue weighted by Gasteiger charge is -2.32. The highest BCUT2D eigenvalue weighted by atomic mass is 16.5. The van der Waals surface area contributed by atoms with E-state index in [2.05, 4.69) is 0 Å². The summed E-state index contributed by atoms with van der Waals surface area (Å²) in [5.74, 6) is 0.528. The second-order valence-electron chi connectivity index (χ2n) is 4.51. The molecule has 0 aliphatic heterocycles. The summed E-state index contributed by atoms with van der Waals surface area (Å²) >= 11 is 0. The molecule has 2 rings (SSSR count). The Morgan fingerprint density at radius 3 is 3.00 bits per heavy atom. The Labute approximate surface area is 78.6 Å². The fraction of sp³-hybridized carbons (Fsp3) is 0.900. The first-order valence-corrected chi connectivity index (χ1v) is 5.02. The topological polar surface area (TPSA) is 52.3 Å². The maximum Gasteiger partial charge on any atom is 0.310 e. The smallest absolute Gasteiger partial charge is 0.310 e. The predicted octanol–water partition coefficient (Wildman–Crippen LogP) is 1.07. The standard InChI is InChI=1S/C10H17NO2/c1-13-9(12)8-5-7-3-2-4-10(8,11)6-7/h7-8H,2-6,11H2,1H3/t7-,8+,10+/m1/s1. The van der Waals surface area contributed by atoms with Gasteiger partial charge in [-0.1, -0.05) is 12.8 Å². The van der Waals surface area contributed by atoms with Gasteiger partial charge < -0.3 is 10.5 Å². The molecule has 0 spiro atoms. The minimum Gasteiger partial charge on any atom is -0.469 e. The van der Waals surface area contributed by atoms with Gasteiger partial charge in [-0.15, -0.1) is 0 Å². The number of esters is 1. The summed E-state index contributed by atoms with van der Waals surface area (Å²) in [5, 5.41) is 0. The van der Waals surface area contributed by atoms with Crippen molar-refractivity contribution in [2.24, 2.45) is 17.6 Å². The molecule has 0 heterocycles. The molecule has 2 saturated carbocycles. The Morgan fingerprint density at radius 2 is 2.38 bits per heavy atom. The van der Waals surface area contributed by atoms with Gasteiger partial charge in [0.15, 0.2) is 0 Å². The highest BCUT2D eigenvalue weighted by Crippen LogP contribution is 2.47. The molecule has 3 heteroatoms. The summed E-state index contributed by atoms with van der Waals surface area (Å²) in [7, 11) is 1.45. The molecule has 3 atom stereocenters. The molecule has 0 unspecified atom stereocenters. The first kappa shape index (κ1) is 9.00. The number of methoxy groups -OCH3 is 1. The number of carbonyl (C=O) groups excluding carboxylic acids is 1. The van der Waals surface area contributed by atoms with Crippen LogP contribution in [0.15, 0.2) is 0 Å². The molecule has 0 saturated heterocycles. The molecule has 3 nitrogen and oxygen atoms in total. The van der Waals surface area contributed by atoms with E-state index in [-0.39, 0.29) is 17.4 Å². The summed E-state index contributed by atoms with van der Waals surface area (Å²) in [6.07, 6.45) is 5.38. The number of carbonyl (C=O) groups is 1. The van der Waals surface area contributed by atoms with Crippen molar-refractivity contribution in [2.75, 3.05) is 7.11 Å². The van der Waals surface area contributed by atoms with E-state index < -0.39 is 0 Å². The van der Waals surface area contributed by atoms with Gasteiger partial charge in [-0.2, -0.15) is 0 Å². The Morgan fingerprint density at radius 1 is 1.62 bits per heavy atom. The van der Waals surface area contributed by atoms with Gasteiger partial charge in [-0.3, -0.25) is 4.79 Å². The third-order valence-corrected chi connectivity index (χ3v) is 3.67. The van der Waals surface area contributed by atoms with Crippen molar-refractivity contribution in [3.05, 3.63) is 0 Å². The van der Waals surface area contributed by atoms with Crippen LogP contribution in [0.3, 0.4) is 0 Å². The van der Waals surface area contributed by atoms with E-state index in [9.17, 15) is 4.79 Å². The zero-order chi connectivity index (χ0) is 9.47. The summed E-state index contributed by atoms with van der Waals surface area (Å²) in [6.45, 7) is 0. The molecular weight excluding hydrogens is 166 g/mol. The van der Waals surface area contributed by atoms with Crippen LogP contribution < -0.4 is 5.73 Å². The van der Waals surface area contributed by atoms with Crippen LogP contribution in [0.4, 0.5) is 0 Å². The fourth-order valence-electron chi connectivity index (χ4n) is 3.02. The van der Waals surface area contributed by atoms with Crippen molar-refractivity contribution < 1.29 is 9.53 Å². The number of nitrogens with two attached hydrogens (primary N) is 1. The zero-order valence-electron chi connectivity index (χ0n) is 8.08. The molecule has 0 radical (unpaired) electrons. The number of rotatable bonds is 1. The first-order valence-electron chi connectivity index (χ1n) is 5.02. The Hall–Kier alpha value is -0.570. The van der Waals surface area contributed by atoms with Crippen LogP contribution in [0, 0.1) is 11.8 Å². The van der Waals surface area contributed by atoms with E-state index in [0.717, 1.165) is 19.3 Å². The number of fused-ring (bicyclic) bond motifs is 2. The second-order valence-corrected chi connectivity index (χ2v) is 4.51. The molecule has 2 aliphatic rings. The van der Waals surface area contributed by atoms with Crippen LogP contribution in [0.1, 0.15) is 32.1 Å². The lowest BCUT2D eigenvalue weighted by atomic mass is 9.80. The second kappa shape index (κ2) is 2.98. The van der Waals surface area contributed by atoms with Crippen LogP contribution in [-0.4, -0.2) is 18.6 Å². The average Bonchev–Trinajstić information content (AvgIpc) is 2.35. The molecule has 2 fully saturated rings. The van der Waals surface area contributed by atoms with Gasteiger partial charge in [-0.25, -0.2) is 0 Å². The van der Waals surface area contributed by atoms with E-state index in [1.807, 2.05) is 0 Å². The van der Waals surface area contributed by atoms with Crippen LogP contribution in [0.25, 0.3) is 0 Å². The van der Waals surface area contributed by atoms with Gasteiger partial charge in [-0.05, 0) is 25.2 Å². The fourth-order valence-corrected chi connectivity index (χ4v) is 3.02. The molecule has 0 aromatic heterocycles. The van der Waals surface area contributed by atoms with Crippen LogP contribution in [-0.2, 0) is 9.53 Å². The van der Waals surface area contributed by atoms with E-state index in [4.69, 9.17) is 10.5 Å². The van der Waals surface area contributed by atoms with E-state index in [1.165, 1.54) is 20.0 Å². The maximum absolute atomic E-state index is 11.5. The lowest BCUT2D eigenvalue weighted by Crippen LogP contribution is -2.47. The third-order valence-electron chi connectivity index (χ3n) is 3.67. The van der Waals surface area contributed by atoms with Crippen molar-refractivity contribution in [1.29, 1.82) is 0 Å². The van der Waals surface area contributed by atoms with Crippen molar-refractivity contribution in [1.82, 2.24) is 0 Å². The molecular formula is C10H17NO2. The summed E-state index contributed by atoms with van der Waals surface area (Å²) in [4.78, 5) is 11.5. The Balaban J connectivity index is 2.16. The number of ether oxygens (including phenoxy) is 1. The van der Waals surface area contributed by atoms with Gasteiger partial charge in [0.25, 0.3) is 0 Å². The van der Waals surface area contributed by atoms with E-state index in [1.54, 1.807) is 0 Å². The highest BCUT2D eigenvalue weighted by molar-refractivity contribution is 5.74. The molecule has 13 heavy (non-hydrogen) atoms. The lowest BCUT2D eigenvalue weighted by molar-refractivity contribution is -0.147. The molecule has 74 valence electrons. The quantitative estimate of drug-likeness (QED) is 0.618. The monoisotopic (exact) mass is 183 g/mol. The first-order chi connectivity index (χ1) is 6.15. The third kappa shape index (κ3) is 1.35. The van der Waals surface area contributed by atoms with Crippen LogP contribution in [0.2, 0.25) is 0 Å². The molecule has 0 aromatic rings. The molecule has 2 bridgehead atoms. The van der Waals surface area contributed by atoms with Crippen molar-refractivity contribution in [3.8, 4) is 0 Å². The van der Waals surface area contributed by atoms with Crippen molar-refractivity contribution >= 4 is 5.97 Å². The molecule has 2 N–H and O–H groups in total. The van der Waals surface area contributed by atoms with Crippen LogP contribution in [0.5, 0.6) is 0 Å². The highest BCUT2D eigenvalue weighted by Gasteiger charge is 2.50. The number of hydrogen-bond acceptors (Lipinski definition) is 3. The van der Waals surface area contributed by atoms with E-state index >= 15 is 0 Å². The van der Waals surface area contributed by atoms with Crippen molar-refractivity contribution in [2.45, 2.75) is 37.6 Å². The minimum absolute atomic E-state index is 0.0370. The van der Waals surface area contributed by atoms with Gasteiger partial charge in [0, 0.05) is 5.54 Å². The van der Waals surface area contributed by atoms with Crippen molar-refractivity contribution in [3.63, 3.8) is 0 Å². The summed E-state index contributed by atoms with van der Waals surface area (Å²) in [6, 6.07) is 0. The normalized spacial score (nSPS) is 43.2. The maximum atomic E-state index is 11.5. The van der Waals surface area contributed by atoms with Gasteiger partial charge in [0.2, 0.25) is 0 Å². The van der Waals surface area contributed by atoms with Gasteiger partial charge >= 0.3 is 5.97 Å². The summed E-state index contributed by atoms with van der Waals surface area (Å²) < 4.78 is 4.79. The van der Waals surface area contributed by atoms with Gasteiger partial charge in [0.05, 0.1) is 13.0 Å². The summed E-state index contributed by atoms with van der Waals surface area (Å²) in [5.41, 5.74) is 5.98. The SMILES string of the molecule is COC(=O)[C@@H]1C[C@H]2CCC[C@]1(N)C2. The van der Waals surface area contributed by atoms with Crippen LogP contribution >= 0.6 is 0 Å². The largest absolute Gasteiger partial charge is 0.469 e. The van der Waals surface area contributed by atoms with E-state index in [0.29, 0.717) is 5.92 Å². The molecule has 0 aromatic carbocycles. The molecule has 0 amide bonds. The minimum atomic E-state index is -0.240. The zero-order valence-corrected chi connectivity index (χ0v) is 8.08. The predicted molar refractivity (Wildman–Crippen MR) is 49.0 cm³/mol. The molecule has 2 aliphatic carbocycles. The Kier molecular flexibility index (Phi) is 2.06. The Bertz CT molecular complexity index is 229.